The molecule has 0 aliphatic carbocycles. The summed E-state index contributed by atoms with van der Waals surface area (Å²) < 4.78 is 6.85. The molecule has 3 nitrogen and oxygen atoms in total. The molecule has 0 atom stereocenters. The Morgan fingerprint density at radius 3 is 1.89 bits per heavy atom. The second-order valence-electron chi connectivity index (χ2n) is 3.79. The topological polar surface area (TPSA) is 38.9 Å². The minimum absolute atomic E-state index is 0.546. The van der Waals surface area contributed by atoms with Gasteiger partial charge in [0.15, 0.2) is 0 Å². The van der Waals surface area contributed by atoms with E-state index in [1.54, 1.807) is 0 Å². The van der Waals surface area contributed by atoms with Gasteiger partial charge in [-0.05, 0) is 59.0 Å². The second-order valence-corrected chi connectivity index (χ2v) is 5.03. The van der Waals surface area contributed by atoms with E-state index in [9.17, 15) is 0 Å². The first-order chi connectivity index (χ1) is 8.83. The average Bonchev–Trinajstić information content (AvgIpc) is 2.90. The minimum atomic E-state index is 0.546. The third kappa shape index (κ3) is 2.28. The number of aromatic nitrogens is 2. The van der Waals surface area contributed by atoms with Gasteiger partial charge in [-0.2, -0.15) is 0 Å². The lowest BCUT2D eigenvalue weighted by molar-refractivity contribution is 0.584. The van der Waals surface area contributed by atoms with Crippen LogP contribution in [0.2, 0.25) is 0 Å². The quantitative estimate of drug-likeness (QED) is 0.657. The molecular weight excluding hydrogens is 339 g/mol. The van der Waals surface area contributed by atoms with E-state index >= 15 is 0 Å². The van der Waals surface area contributed by atoms with Crippen molar-refractivity contribution in [3.8, 4) is 22.9 Å². The fourth-order valence-electron chi connectivity index (χ4n) is 1.63. The van der Waals surface area contributed by atoms with Crippen molar-refractivity contribution in [3.05, 3.63) is 58.2 Å². The summed E-state index contributed by atoms with van der Waals surface area (Å²) in [6.45, 7) is 0. The van der Waals surface area contributed by atoms with Gasteiger partial charge < -0.3 is 4.42 Å². The summed E-state index contributed by atoms with van der Waals surface area (Å²) in [7, 11) is 0. The molecule has 0 amide bonds. The molecule has 0 fully saturated rings. The van der Waals surface area contributed by atoms with E-state index in [4.69, 9.17) is 4.42 Å². The summed E-state index contributed by atoms with van der Waals surface area (Å²) in [6.07, 6.45) is 0. The number of halogens is 1. The zero-order valence-corrected chi connectivity index (χ0v) is 11.5. The Hall–Kier alpha value is -1.69. The minimum Gasteiger partial charge on any atom is -0.416 e. The summed E-state index contributed by atoms with van der Waals surface area (Å²) >= 11 is 2.26. The highest BCUT2D eigenvalue weighted by molar-refractivity contribution is 14.1. The second kappa shape index (κ2) is 4.89. The molecule has 3 rings (SSSR count). The van der Waals surface area contributed by atoms with Crippen molar-refractivity contribution in [3.63, 3.8) is 0 Å². The predicted octanol–water partition coefficient (Wildman–Crippen LogP) is 4.01. The van der Waals surface area contributed by atoms with E-state index < -0.39 is 0 Å². The van der Waals surface area contributed by atoms with Crippen LogP contribution in [0.5, 0.6) is 0 Å². The maximum absolute atomic E-state index is 5.67. The summed E-state index contributed by atoms with van der Waals surface area (Å²) in [5.41, 5.74) is 1.87. The smallest absolute Gasteiger partial charge is 0.248 e. The van der Waals surface area contributed by atoms with Crippen LogP contribution in [0.4, 0.5) is 0 Å². The summed E-state index contributed by atoms with van der Waals surface area (Å²) in [5, 5.41) is 8.14. The molecule has 0 bridgehead atoms. The van der Waals surface area contributed by atoms with Gasteiger partial charge in [0.25, 0.3) is 0 Å². The monoisotopic (exact) mass is 348 g/mol. The number of hydrogen-bond donors (Lipinski definition) is 0. The Kier molecular flexibility index (Phi) is 3.10. The zero-order chi connectivity index (χ0) is 12.4. The largest absolute Gasteiger partial charge is 0.416 e. The van der Waals surface area contributed by atoms with Crippen molar-refractivity contribution < 1.29 is 4.42 Å². The van der Waals surface area contributed by atoms with Crippen molar-refractivity contribution in [1.29, 1.82) is 0 Å². The molecule has 1 aromatic heterocycles. The van der Waals surface area contributed by atoms with Crippen LogP contribution >= 0.6 is 22.6 Å². The van der Waals surface area contributed by atoms with Gasteiger partial charge in [-0.15, -0.1) is 10.2 Å². The van der Waals surface area contributed by atoms with Gasteiger partial charge in [-0.1, -0.05) is 18.2 Å². The fourth-order valence-corrected chi connectivity index (χ4v) is 1.99. The Bertz CT molecular complexity index is 647. The average molecular weight is 348 g/mol. The molecular formula is C14H9IN2O. The van der Waals surface area contributed by atoms with Crippen molar-refractivity contribution in [2.45, 2.75) is 0 Å². The summed E-state index contributed by atoms with van der Waals surface area (Å²) in [5.74, 6) is 1.09. The highest BCUT2D eigenvalue weighted by Gasteiger charge is 2.09. The summed E-state index contributed by atoms with van der Waals surface area (Å²) in [6, 6.07) is 17.7. The lowest BCUT2D eigenvalue weighted by Crippen LogP contribution is -1.77. The molecule has 1 heterocycles. The number of nitrogens with zero attached hydrogens (tertiary/aromatic N) is 2. The Morgan fingerprint density at radius 2 is 1.28 bits per heavy atom. The van der Waals surface area contributed by atoms with Gasteiger partial charge in [-0.3, -0.25) is 0 Å². The first kappa shape index (κ1) is 11.4. The van der Waals surface area contributed by atoms with Crippen LogP contribution in [0.15, 0.2) is 59.0 Å². The van der Waals surface area contributed by atoms with Crippen molar-refractivity contribution >= 4 is 22.6 Å². The number of hydrogen-bond acceptors (Lipinski definition) is 3. The molecule has 0 spiro atoms. The predicted molar refractivity (Wildman–Crippen MR) is 77.9 cm³/mol. The van der Waals surface area contributed by atoms with Gasteiger partial charge in [-0.25, -0.2) is 0 Å². The van der Waals surface area contributed by atoms with E-state index in [0.29, 0.717) is 11.8 Å². The highest BCUT2D eigenvalue weighted by atomic mass is 127. The van der Waals surface area contributed by atoms with Crippen LogP contribution in [-0.4, -0.2) is 10.2 Å². The van der Waals surface area contributed by atoms with Gasteiger partial charge >= 0.3 is 0 Å². The van der Waals surface area contributed by atoms with E-state index in [2.05, 4.69) is 32.8 Å². The van der Waals surface area contributed by atoms with Crippen molar-refractivity contribution in [2.24, 2.45) is 0 Å². The molecule has 0 aliphatic rings. The first-order valence-electron chi connectivity index (χ1n) is 5.48. The first-order valence-corrected chi connectivity index (χ1v) is 6.56. The van der Waals surface area contributed by atoms with Crippen LogP contribution in [0.3, 0.4) is 0 Å². The Balaban J connectivity index is 1.97. The molecule has 2 aromatic carbocycles. The standard InChI is InChI=1S/C14H9IN2O/c15-12-8-6-11(7-9-12)14-17-16-13(18-14)10-4-2-1-3-5-10/h1-9H. The van der Waals surface area contributed by atoms with Gasteiger partial charge in [0.1, 0.15) is 0 Å². The zero-order valence-electron chi connectivity index (χ0n) is 9.38. The van der Waals surface area contributed by atoms with Crippen LogP contribution in [0.25, 0.3) is 22.9 Å². The maximum atomic E-state index is 5.67. The third-order valence-corrected chi connectivity index (χ3v) is 3.26. The Morgan fingerprint density at radius 1 is 0.722 bits per heavy atom. The molecule has 3 aromatic rings. The molecule has 0 saturated heterocycles. The van der Waals surface area contributed by atoms with Crippen molar-refractivity contribution in [1.82, 2.24) is 10.2 Å². The highest BCUT2D eigenvalue weighted by Crippen LogP contribution is 2.23. The van der Waals surface area contributed by atoms with Crippen molar-refractivity contribution in [2.75, 3.05) is 0 Å². The van der Waals surface area contributed by atoms with Gasteiger partial charge in [0.05, 0.1) is 0 Å². The van der Waals surface area contributed by atoms with Crippen LogP contribution in [0.1, 0.15) is 0 Å². The molecule has 18 heavy (non-hydrogen) atoms. The van der Waals surface area contributed by atoms with E-state index in [1.165, 1.54) is 3.57 Å². The molecule has 0 radical (unpaired) electrons. The normalized spacial score (nSPS) is 10.5. The van der Waals surface area contributed by atoms with E-state index in [0.717, 1.165) is 11.1 Å². The fraction of sp³-hybridized carbons (Fsp3) is 0. The van der Waals surface area contributed by atoms with E-state index in [1.807, 2.05) is 54.6 Å². The lowest BCUT2D eigenvalue weighted by Gasteiger charge is -1.95. The molecule has 0 unspecified atom stereocenters. The van der Waals surface area contributed by atoms with Crippen LogP contribution in [0, 0.1) is 3.57 Å². The lowest BCUT2D eigenvalue weighted by atomic mass is 10.2. The molecule has 4 heteroatoms. The third-order valence-electron chi connectivity index (χ3n) is 2.54. The van der Waals surface area contributed by atoms with Gasteiger partial charge in [0.2, 0.25) is 11.8 Å². The molecule has 0 saturated carbocycles. The number of benzene rings is 2. The van der Waals surface area contributed by atoms with Gasteiger partial charge in [0, 0.05) is 14.7 Å². The summed E-state index contributed by atoms with van der Waals surface area (Å²) in [4.78, 5) is 0. The van der Waals surface area contributed by atoms with Crippen LogP contribution in [-0.2, 0) is 0 Å². The van der Waals surface area contributed by atoms with E-state index in [-0.39, 0.29) is 0 Å². The molecule has 0 aliphatic heterocycles. The molecule has 0 N–H and O–H groups in total. The number of rotatable bonds is 2. The van der Waals surface area contributed by atoms with Crippen LogP contribution < -0.4 is 0 Å². The maximum Gasteiger partial charge on any atom is 0.248 e. The Labute approximate surface area is 118 Å². The molecule has 88 valence electrons. The SMILES string of the molecule is Ic1ccc(-c2nnc(-c3ccccc3)o2)cc1.